The Labute approximate surface area is 201 Å². The van der Waals surface area contributed by atoms with Crippen molar-refractivity contribution < 1.29 is 24.1 Å². The topological polar surface area (TPSA) is 102 Å². The number of aliphatic hydroxyl groups is 2. The Morgan fingerprint density at radius 2 is 2.00 bits per heavy atom. The van der Waals surface area contributed by atoms with Crippen molar-refractivity contribution in [3.05, 3.63) is 61.7 Å². The second-order valence-electron chi connectivity index (χ2n) is 9.78. The molecule has 0 saturated heterocycles. The van der Waals surface area contributed by atoms with Crippen molar-refractivity contribution in [3.8, 4) is 11.4 Å². The lowest BCUT2D eigenvalue weighted by molar-refractivity contribution is -0.140. The molecule has 35 heavy (non-hydrogen) atoms. The van der Waals surface area contributed by atoms with Gasteiger partial charge < -0.3 is 19.5 Å². The molecule has 3 heterocycles. The molecule has 2 aromatic heterocycles. The van der Waals surface area contributed by atoms with Crippen LogP contribution in [0.15, 0.2) is 16.9 Å². The van der Waals surface area contributed by atoms with Crippen LogP contribution >= 0.6 is 0 Å². The summed E-state index contributed by atoms with van der Waals surface area (Å²) in [5.41, 5.74) is 3.72. The van der Waals surface area contributed by atoms with Gasteiger partial charge in [0.2, 0.25) is 0 Å². The van der Waals surface area contributed by atoms with Crippen molar-refractivity contribution in [2.45, 2.75) is 64.2 Å². The molecular weight excluding hydrogens is 451 g/mol. The molecule has 1 unspecified atom stereocenters. The van der Waals surface area contributed by atoms with E-state index in [0.717, 1.165) is 22.1 Å². The van der Waals surface area contributed by atoms with Crippen LogP contribution in [0.3, 0.4) is 0 Å². The fourth-order valence-corrected chi connectivity index (χ4v) is 6.26. The number of hydrogen-bond donors (Lipinski definition) is 2. The maximum Gasteiger partial charge on any atom is 0.254 e. The molecule has 6 rings (SSSR count). The van der Waals surface area contributed by atoms with Crippen LogP contribution < -0.4 is 5.56 Å². The van der Waals surface area contributed by atoms with Crippen LogP contribution in [0.5, 0.6) is 0 Å². The summed E-state index contributed by atoms with van der Waals surface area (Å²) in [7, 11) is 0. The molecule has 0 spiro atoms. The number of Topliss-reactive ketones (excluding diaryl/α,β-unsaturated/α-hetero) is 1. The normalized spacial score (nSPS) is 22.3. The van der Waals surface area contributed by atoms with E-state index in [-0.39, 0.29) is 49.3 Å². The predicted octanol–water partition coefficient (Wildman–Crippen LogP) is 2.98. The van der Waals surface area contributed by atoms with Crippen LogP contribution in [0.25, 0.3) is 22.3 Å². The Kier molecular flexibility index (Phi) is 5.01. The van der Waals surface area contributed by atoms with E-state index < -0.39 is 5.60 Å². The molecule has 2 N–H and O–H groups in total. The number of ketones is 1. The summed E-state index contributed by atoms with van der Waals surface area (Å²) in [5, 5.41) is 21.5. The standard InChI is InChI=1S/C27H27FN2O5/c1-3-27(34)17-10-20-25-16(12-30(20)26(33)15(17)5-7-22(27)32)24-21(35-9-8-31)6-4-14-13(2)18(28)11-19(29-25)23(14)24/h10-11,21,31,34H,3-9,12H2,1-2H3/t21?,27-/m0/s1. The Bertz CT molecular complexity index is 1490. The lowest BCUT2D eigenvalue weighted by Crippen LogP contribution is -2.43. The van der Waals surface area contributed by atoms with Gasteiger partial charge in [0, 0.05) is 34.6 Å². The maximum absolute atomic E-state index is 14.8. The monoisotopic (exact) mass is 478 g/mol. The molecule has 7 nitrogen and oxygen atoms in total. The number of fused-ring (bicyclic) bond motifs is 5. The van der Waals surface area contributed by atoms with E-state index in [1.165, 1.54) is 6.07 Å². The first-order chi connectivity index (χ1) is 16.8. The summed E-state index contributed by atoms with van der Waals surface area (Å²) >= 11 is 0. The van der Waals surface area contributed by atoms with E-state index in [1.807, 2.05) is 0 Å². The van der Waals surface area contributed by atoms with Gasteiger partial charge in [-0.1, -0.05) is 6.92 Å². The summed E-state index contributed by atoms with van der Waals surface area (Å²) < 4.78 is 22.5. The minimum Gasteiger partial charge on any atom is -0.394 e. The Balaban J connectivity index is 1.66. The van der Waals surface area contributed by atoms with E-state index >= 15 is 0 Å². The number of halogens is 1. The smallest absolute Gasteiger partial charge is 0.254 e. The van der Waals surface area contributed by atoms with Gasteiger partial charge in [0.05, 0.1) is 42.8 Å². The molecule has 2 aliphatic carbocycles. The molecular formula is C27H27FN2O5. The number of nitrogens with zero attached hydrogens (tertiary/aromatic N) is 2. The van der Waals surface area contributed by atoms with Gasteiger partial charge in [-0.25, -0.2) is 9.37 Å². The van der Waals surface area contributed by atoms with Crippen molar-refractivity contribution in [2.75, 3.05) is 13.2 Å². The molecule has 3 aromatic rings. The molecule has 1 aromatic carbocycles. The second-order valence-corrected chi connectivity index (χ2v) is 9.78. The zero-order valence-electron chi connectivity index (χ0n) is 19.8. The lowest BCUT2D eigenvalue weighted by Gasteiger charge is -2.32. The molecule has 182 valence electrons. The molecule has 1 aliphatic heterocycles. The van der Waals surface area contributed by atoms with Gasteiger partial charge in [0.25, 0.3) is 5.56 Å². The Hall–Kier alpha value is -2.94. The first-order valence-electron chi connectivity index (χ1n) is 12.2. The molecule has 3 aliphatic rings. The average molecular weight is 479 g/mol. The number of benzene rings is 1. The highest BCUT2D eigenvalue weighted by Crippen LogP contribution is 2.46. The molecule has 2 atom stereocenters. The largest absolute Gasteiger partial charge is 0.394 e. The third-order valence-corrected chi connectivity index (χ3v) is 8.11. The number of aliphatic hydroxyl groups excluding tert-OH is 1. The number of carbonyl (C=O) groups is 1. The third kappa shape index (κ3) is 2.96. The van der Waals surface area contributed by atoms with Crippen LogP contribution in [0, 0.1) is 12.7 Å². The molecule has 0 fully saturated rings. The number of hydrogen-bond acceptors (Lipinski definition) is 6. The summed E-state index contributed by atoms with van der Waals surface area (Å²) in [4.78, 5) is 31.1. The first-order valence-corrected chi connectivity index (χ1v) is 12.2. The highest BCUT2D eigenvalue weighted by Gasteiger charge is 2.43. The number of aromatic nitrogens is 2. The Morgan fingerprint density at radius 3 is 2.74 bits per heavy atom. The van der Waals surface area contributed by atoms with Gasteiger partial charge in [-0.3, -0.25) is 9.59 Å². The Morgan fingerprint density at radius 1 is 1.20 bits per heavy atom. The SMILES string of the molecule is CC[C@@]1(O)C(=O)CCc2c1cc1n(c2=O)Cc2c-1nc1cc(F)c(C)c3c1c2C(OCCO)CC3. The van der Waals surface area contributed by atoms with E-state index in [1.54, 1.807) is 24.5 Å². The third-order valence-electron chi connectivity index (χ3n) is 8.11. The van der Waals surface area contributed by atoms with Crippen molar-refractivity contribution in [3.63, 3.8) is 0 Å². The first kappa shape index (κ1) is 22.5. The fraction of sp³-hybridized carbons (Fsp3) is 0.444. The second kappa shape index (κ2) is 7.78. The summed E-state index contributed by atoms with van der Waals surface area (Å²) in [6, 6.07) is 3.16. The van der Waals surface area contributed by atoms with Gasteiger partial charge in [-0.15, -0.1) is 0 Å². The zero-order chi connectivity index (χ0) is 24.6. The van der Waals surface area contributed by atoms with Gasteiger partial charge >= 0.3 is 0 Å². The number of pyridine rings is 2. The van der Waals surface area contributed by atoms with Crippen molar-refractivity contribution in [2.24, 2.45) is 0 Å². The van der Waals surface area contributed by atoms with E-state index in [0.29, 0.717) is 59.4 Å². The minimum absolute atomic E-state index is 0.113. The number of aryl methyl sites for hydroxylation is 1. The van der Waals surface area contributed by atoms with Gasteiger partial charge in [0.1, 0.15) is 11.4 Å². The quantitative estimate of drug-likeness (QED) is 0.468. The van der Waals surface area contributed by atoms with E-state index in [9.17, 15) is 24.2 Å². The van der Waals surface area contributed by atoms with Crippen molar-refractivity contribution >= 4 is 16.7 Å². The minimum atomic E-state index is -1.70. The van der Waals surface area contributed by atoms with Gasteiger partial charge in [0.15, 0.2) is 5.78 Å². The molecule has 0 amide bonds. The molecule has 0 bridgehead atoms. The fourth-order valence-electron chi connectivity index (χ4n) is 6.26. The zero-order valence-corrected chi connectivity index (χ0v) is 19.8. The van der Waals surface area contributed by atoms with E-state index in [2.05, 4.69) is 0 Å². The summed E-state index contributed by atoms with van der Waals surface area (Å²) in [5.74, 6) is -0.608. The van der Waals surface area contributed by atoms with Crippen molar-refractivity contribution in [1.29, 1.82) is 0 Å². The molecule has 0 radical (unpaired) electrons. The van der Waals surface area contributed by atoms with E-state index in [4.69, 9.17) is 9.72 Å². The van der Waals surface area contributed by atoms with Crippen LogP contribution in [-0.2, 0) is 34.5 Å². The van der Waals surface area contributed by atoms with Crippen molar-refractivity contribution in [1.82, 2.24) is 9.55 Å². The number of carbonyl (C=O) groups excluding carboxylic acids is 1. The molecule has 0 saturated carbocycles. The number of rotatable bonds is 4. The average Bonchev–Trinajstić information content (AvgIpc) is 3.22. The lowest BCUT2D eigenvalue weighted by atomic mass is 9.77. The van der Waals surface area contributed by atoms with Gasteiger partial charge in [-0.05, 0) is 55.4 Å². The van der Waals surface area contributed by atoms with Crippen LogP contribution in [-0.4, -0.2) is 38.8 Å². The van der Waals surface area contributed by atoms with Crippen LogP contribution in [0.2, 0.25) is 0 Å². The number of ether oxygens (including phenoxy) is 1. The highest BCUT2D eigenvalue weighted by atomic mass is 19.1. The molecule has 8 heteroatoms. The van der Waals surface area contributed by atoms with Crippen LogP contribution in [0.1, 0.15) is 65.7 Å². The van der Waals surface area contributed by atoms with Gasteiger partial charge in [-0.2, -0.15) is 0 Å². The predicted molar refractivity (Wildman–Crippen MR) is 127 cm³/mol. The summed E-state index contributed by atoms with van der Waals surface area (Å²) in [6.45, 7) is 3.86. The summed E-state index contributed by atoms with van der Waals surface area (Å²) in [6.07, 6.45) is 1.56. The van der Waals surface area contributed by atoms with Crippen LogP contribution in [0.4, 0.5) is 4.39 Å². The maximum atomic E-state index is 14.8. The highest BCUT2D eigenvalue weighted by molar-refractivity contribution is 5.94.